The Hall–Kier alpha value is -1.77. The second kappa shape index (κ2) is 4.39. The highest BCUT2D eigenvalue weighted by Crippen LogP contribution is 2.14. The molecule has 0 N–H and O–H groups in total. The molecule has 84 valence electrons. The van der Waals surface area contributed by atoms with Gasteiger partial charge in [-0.2, -0.15) is 0 Å². The maximum absolute atomic E-state index is 12.3. The van der Waals surface area contributed by atoms with E-state index in [1.807, 2.05) is 72.8 Å². The van der Waals surface area contributed by atoms with E-state index in [0.717, 1.165) is 0 Å². The molecule has 2 unspecified atom stereocenters. The maximum atomic E-state index is 12.3. The Kier molecular flexibility index (Phi) is 2.95. The number of carbonyl (C=O) groups excluding carboxylic acids is 1. The fourth-order valence-corrected chi connectivity index (χ4v) is 1.93. The lowest BCUT2D eigenvalue weighted by molar-refractivity contribution is -0.124. The molecule has 0 bridgehead atoms. The fourth-order valence-electron chi connectivity index (χ4n) is 1.93. The minimum Gasteiger partial charge on any atom is -0.367 e. The zero-order valence-electron chi connectivity index (χ0n) is 9.58. The molecule has 2 aliphatic rings. The van der Waals surface area contributed by atoms with Crippen molar-refractivity contribution in [1.29, 1.82) is 0 Å². The second-order valence-electron chi connectivity index (χ2n) is 4.08. The van der Waals surface area contributed by atoms with Crippen LogP contribution in [-0.2, 0) is 4.79 Å². The van der Waals surface area contributed by atoms with E-state index >= 15 is 0 Å². The molecule has 2 heterocycles. The van der Waals surface area contributed by atoms with Crippen LogP contribution in [0.25, 0.3) is 0 Å². The summed E-state index contributed by atoms with van der Waals surface area (Å²) in [6.07, 6.45) is 15.4. The lowest BCUT2D eigenvalue weighted by Crippen LogP contribution is -2.45. The molecule has 2 aliphatic heterocycles. The van der Waals surface area contributed by atoms with Crippen molar-refractivity contribution in [3.8, 4) is 0 Å². The van der Waals surface area contributed by atoms with Crippen LogP contribution in [0.1, 0.15) is 0 Å². The van der Waals surface area contributed by atoms with Crippen LogP contribution in [0.2, 0.25) is 0 Å². The first-order valence-corrected chi connectivity index (χ1v) is 5.38. The van der Waals surface area contributed by atoms with Gasteiger partial charge in [-0.15, -0.1) is 0 Å². The Bertz CT molecular complexity index is 357. The van der Waals surface area contributed by atoms with E-state index in [9.17, 15) is 4.79 Å². The predicted molar refractivity (Wildman–Crippen MR) is 64.7 cm³/mol. The number of Topliss-reactive ketones (excluding diaryl/α,β-unsaturated/α-hetero) is 1. The zero-order chi connectivity index (χ0) is 11.5. The van der Waals surface area contributed by atoms with Gasteiger partial charge in [0.2, 0.25) is 0 Å². The molecule has 0 aliphatic carbocycles. The molecule has 3 heteroatoms. The summed E-state index contributed by atoms with van der Waals surface area (Å²) in [6, 6.07) is -0.317. The number of allylic oxidation sites excluding steroid dienone is 4. The number of carbonyl (C=O) groups is 1. The van der Waals surface area contributed by atoms with Gasteiger partial charge in [0, 0.05) is 14.1 Å². The predicted octanol–water partition coefficient (Wildman–Crippen LogP) is 1.32. The highest BCUT2D eigenvalue weighted by molar-refractivity contribution is 5.93. The van der Waals surface area contributed by atoms with E-state index < -0.39 is 0 Å². The zero-order valence-corrected chi connectivity index (χ0v) is 9.58. The highest BCUT2D eigenvalue weighted by Gasteiger charge is 2.28. The smallest absolute Gasteiger partial charge is 0.185 e. The van der Waals surface area contributed by atoms with Crippen molar-refractivity contribution in [3.05, 3.63) is 48.9 Å². The molecule has 3 nitrogen and oxygen atoms in total. The molecule has 0 saturated heterocycles. The van der Waals surface area contributed by atoms with Gasteiger partial charge >= 0.3 is 0 Å². The topological polar surface area (TPSA) is 23.6 Å². The monoisotopic (exact) mass is 216 g/mol. The van der Waals surface area contributed by atoms with E-state index in [0.29, 0.717) is 0 Å². The van der Waals surface area contributed by atoms with Crippen molar-refractivity contribution in [2.24, 2.45) is 0 Å². The van der Waals surface area contributed by atoms with Gasteiger partial charge in [0.05, 0.1) is 0 Å². The van der Waals surface area contributed by atoms with E-state index in [1.165, 1.54) is 0 Å². The largest absolute Gasteiger partial charge is 0.367 e. The minimum absolute atomic E-state index is 0.159. The number of ketones is 1. The van der Waals surface area contributed by atoms with Gasteiger partial charge in [-0.25, -0.2) is 0 Å². The van der Waals surface area contributed by atoms with Gasteiger partial charge < -0.3 is 9.80 Å². The lowest BCUT2D eigenvalue weighted by atomic mass is 10.00. The summed E-state index contributed by atoms with van der Waals surface area (Å²) in [5, 5.41) is 0. The average molecular weight is 216 g/mol. The normalized spacial score (nSPS) is 27.6. The van der Waals surface area contributed by atoms with Crippen LogP contribution < -0.4 is 0 Å². The molecule has 0 aromatic carbocycles. The number of nitrogens with zero attached hydrogens (tertiary/aromatic N) is 2. The molecule has 0 radical (unpaired) electrons. The summed E-state index contributed by atoms with van der Waals surface area (Å²) in [5.74, 6) is 0.200. The van der Waals surface area contributed by atoms with Crippen molar-refractivity contribution in [2.75, 3.05) is 14.1 Å². The van der Waals surface area contributed by atoms with E-state index in [-0.39, 0.29) is 17.9 Å². The Morgan fingerprint density at radius 3 is 1.69 bits per heavy atom. The van der Waals surface area contributed by atoms with Crippen molar-refractivity contribution >= 4 is 5.78 Å². The van der Waals surface area contributed by atoms with Gasteiger partial charge in [-0.3, -0.25) is 4.79 Å². The third kappa shape index (κ3) is 1.94. The average Bonchev–Trinajstić information content (AvgIpc) is 2.29. The summed E-state index contributed by atoms with van der Waals surface area (Å²) in [6.45, 7) is 0. The van der Waals surface area contributed by atoms with Gasteiger partial charge in [0.25, 0.3) is 0 Å². The van der Waals surface area contributed by atoms with E-state index in [1.54, 1.807) is 0 Å². The van der Waals surface area contributed by atoms with Crippen LogP contribution in [0.15, 0.2) is 48.9 Å². The standard InChI is InChI=1S/C13H16N2O/c1-14-9-5-3-7-11(14)13(16)12-8-4-6-10-15(12)2/h3-12H,1-2H3. The molecule has 0 aromatic heterocycles. The first-order valence-electron chi connectivity index (χ1n) is 5.38. The van der Waals surface area contributed by atoms with Crippen LogP contribution in [0.3, 0.4) is 0 Å². The Balaban J connectivity index is 2.13. The third-order valence-electron chi connectivity index (χ3n) is 2.91. The summed E-state index contributed by atoms with van der Waals surface area (Å²) >= 11 is 0. The molecular formula is C13H16N2O. The lowest BCUT2D eigenvalue weighted by Gasteiger charge is -2.32. The molecule has 2 rings (SSSR count). The molecule has 0 amide bonds. The minimum atomic E-state index is -0.159. The number of hydrogen-bond donors (Lipinski definition) is 0. The first-order chi connectivity index (χ1) is 7.70. The van der Waals surface area contributed by atoms with Crippen molar-refractivity contribution in [1.82, 2.24) is 9.80 Å². The SMILES string of the molecule is CN1C=CC=CC1C(=O)C1C=CC=CN1C. The second-order valence-corrected chi connectivity index (χ2v) is 4.08. The number of likely N-dealkylation sites (N-methyl/N-ethyl adjacent to an activating group) is 2. The Labute approximate surface area is 96.0 Å². The molecule has 16 heavy (non-hydrogen) atoms. The van der Waals surface area contributed by atoms with Crippen LogP contribution in [0.4, 0.5) is 0 Å². The third-order valence-corrected chi connectivity index (χ3v) is 2.91. The fraction of sp³-hybridized carbons (Fsp3) is 0.308. The summed E-state index contributed by atoms with van der Waals surface area (Å²) < 4.78 is 0. The summed E-state index contributed by atoms with van der Waals surface area (Å²) in [4.78, 5) is 16.2. The number of hydrogen-bond acceptors (Lipinski definition) is 3. The summed E-state index contributed by atoms with van der Waals surface area (Å²) in [7, 11) is 3.84. The van der Waals surface area contributed by atoms with E-state index in [4.69, 9.17) is 0 Å². The van der Waals surface area contributed by atoms with Gasteiger partial charge in [-0.05, 0) is 24.6 Å². The van der Waals surface area contributed by atoms with Gasteiger partial charge in [-0.1, -0.05) is 24.3 Å². The highest BCUT2D eigenvalue weighted by atomic mass is 16.1. The van der Waals surface area contributed by atoms with Gasteiger partial charge in [0.15, 0.2) is 5.78 Å². The van der Waals surface area contributed by atoms with E-state index in [2.05, 4.69) is 0 Å². The Morgan fingerprint density at radius 1 is 0.875 bits per heavy atom. The molecule has 0 spiro atoms. The summed E-state index contributed by atoms with van der Waals surface area (Å²) in [5.41, 5.74) is 0. The first kappa shape index (κ1) is 10.7. The van der Waals surface area contributed by atoms with Crippen molar-refractivity contribution in [3.63, 3.8) is 0 Å². The molecule has 0 aromatic rings. The van der Waals surface area contributed by atoms with Crippen LogP contribution in [0.5, 0.6) is 0 Å². The van der Waals surface area contributed by atoms with Crippen LogP contribution in [-0.4, -0.2) is 41.8 Å². The van der Waals surface area contributed by atoms with Crippen molar-refractivity contribution < 1.29 is 4.79 Å². The molecule has 0 saturated carbocycles. The van der Waals surface area contributed by atoms with Crippen LogP contribution in [0, 0.1) is 0 Å². The van der Waals surface area contributed by atoms with Crippen molar-refractivity contribution in [2.45, 2.75) is 12.1 Å². The molecular weight excluding hydrogens is 200 g/mol. The molecule has 0 fully saturated rings. The Morgan fingerprint density at radius 2 is 1.31 bits per heavy atom. The molecule has 2 atom stereocenters. The number of rotatable bonds is 2. The maximum Gasteiger partial charge on any atom is 0.185 e. The van der Waals surface area contributed by atoms with Crippen LogP contribution >= 0.6 is 0 Å². The van der Waals surface area contributed by atoms with Gasteiger partial charge in [0.1, 0.15) is 12.1 Å². The quantitative estimate of drug-likeness (QED) is 0.695.